The van der Waals surface area contributed by atoms with Gasteiger partial charge in [-0.1, -0.05) is 6.92 Å². The maximum absolute atomic E-state index is 12.1. The molecule has 0 aromatic carbocycles. The van der Waals surface area contributed by atoms with Crippen LogP contribution in [0.4, 0.5) is 4.39 Å². The Morgan fingerprint density at radius 3 is 2.67 bits per heavy atom. The van der Waals surface area contributed by atoms with Gasteiger partial charge in [-0.3, -0.25) is 0 Å². The van der Waals surface area contributed by atoms with Crippen molar-refractivity contribution in [3.05, 3.63) is 12.3 Å². The van der Waals surface area contributed by atoms with Crippen molar-refractivity contribution in [1.82, 2.24) is 0 Å². The van der Waals surface area contributed by atoms with Crippen LogP contribution in [0.2, 0.25) is 0 Å². The van der Waals surface area contributed by atoms with Gasteiger partial charge in [0.25, 0.3) is 0 Å². The molecule has 52 valence electrons. The van der Waals surface area contributed by atoms with Gasteiger partial charge in [0.2, 0.25) is 5.79 Å². The molecule has 1 aliphatic rings. The van der Waals surface area contributed by atoms with Crippen molar-refractivity contribution in [3.63, 3.8) is 0 Å². The smallest absolute Gasteiger partial charge is 0.311 e. The van der Waals surface area contributed by atoms with Crippen LogP contribution in [0.1, 0.15) is 20.3 Å². The average Bonchev–Trinajstić information content (AvgIpc) is 2.13. The fourth-order valence-electron chi connectivity index (χ4n) is 0.581. The van der Waals surface area contributed by atoms with Crippen molar-refractivity contribution >= 4 is 0 Å². The highest BCUT2D eigenvalue weighted by molar-refractivity contribution is 4.85. The van der Waals surface area contributed by atoms with E-state index < -0.39 is 11.8 Å². The lowest BCUT2D eigenvalue weighted by molar-refractivity contribution is -0.144. The van der Waals surface area contributed by atoms with Crippen molar-refractivity contribution in [2.75, 3.05) is 0 Å². The molecule has 0 saturated carbocycles. The van der Waals surface area contributed by atoms with Gasteiger partial charge in [-0.2, -0.15) is 4.39 Å². The molecule has 0 N–H and O–H groups in total. The fraction of sp³-hybridized carbons (Fsp3) is 0.667. The van der Waals surface area contributed by atoms with E-state index >= 15 is 0 Å². The van der Waals surface area contributed by atoms with Gasteiger partial charge in [-0.25, -0.2) is 0 Å². The van der Waals surface area contributed by atoms with Gasteiger partial charge in [0.05, 0.1) is 0 Å². The predicted octanol–water partition coefficient (Wildman–Crippen LogP) is 1.93. The molecule has 0 amide bonds. The van der Waals surface area contributed by atoms with Crippen molar-refractivity contribution in [2.45, 2.75) is 26.1 Å². The largest absolute Gasteiger partial charge is 0.454 e. The number of halogens is 1. The first-order valence-corrected chi connectivity index (χ1v) is 2.89. The maximum Gasteiger partial charge on any atom is 0.311 e. The average molecular weight is 132 g/mol. The number of rotatable bonds is 1. The Morgan fingerprint density at radius 1 is 1.78 bits per heavy atom. The standard InChI is InChI=1S/C6H9FO2/c1-3-6(2)8-4-5(7)9-6/h4H,3H2,1-2H3. The van der Waals surface area contributed by atoms with Crippen molar-refractivity contribution < 1.29 is 13.9 Å². The van der Waals surface area contributed by atoms with E-state index in [-0.39, 0.29) is 0 Å². The molecule has 0 bridgehead atoms. The Balaban J connectivity index is 2.53. The van der Waals surface area contributed by atoms with Crippen molar-refractivity contribution in [3.8, 4) is 0 Å². The Morgan fingerprint density at radius 2 is 2.44 bits per heavy atom. The monoisotopic (exact) mass is 132 g/mol. The molecule has 1 unspecified atom stereocenters. The zero-order valence-electron chi connectivity index (χ0n) is 5.48. The van der Waals surface area contributed by atoms with Gasteiger partial charge in [0, 0.05) is 13.3 Å². The molecule has 0 fully saturated rings. The third-order valence-corrected chi connectivity index (χ3v) is 1.36. The Hall–Kier alpha value is -0.730. The van der Waals surface area contributed by atoms with Gasteiger partial charge in [0.1, 0.15) is 0 Å². The normalized spacial score (nSPS) is 33.0. The highest BCUT2D eigenvalue weighted by Crippen LogP contribution is 2.27. The van der Waals surface area contributed by atoms with Gasteiger partial charge in [-0.05, 0) is 0 Å². The van der Waals surface area contributed by atoms with Crippen LogP contribution in [0, 0.1) is 0 Å². The molecular weight excluding hydrogens is 123 g/mol. The first-order valence-electron chi connectivity index (χ1n) is 2.89. The van der Waals surface area contributed by atoms with E-state index in [9.17, 15) is 4.39 Å². The van der Waals surface area contributed by atoms with Crippen LogP contribution >= 0.6 is 0 Å². The fourth-order valence-corrected chi connectivity index (χ4v) is 0.581. The maximum atomic E-state index is 12.1. The second-order valence-electron chi connectivity index (χ2n) is 2.13. The molecular formula is C6H9FO2. The Bertz CT molecular complexity index is 144. The number of hydrogen-bond donors (Lipinski definition) is 0. The molecule has 1 aliphatic heterocycles. The summed E-state index contributed by atoms with van der Waals surface area (Å²) in [6.45, 7) is 3.56. The molecule has 0 radical (unpaired) electrons. The third kappa shape index (κ3) is 1.15. The van der Waals surface area contributed by atoms with E-state index in [1.165, 1.54) is 0 Å². The summed E-state index contributed by atoms with van der Waals surface area (Å²) >= 11 is 0. The van der Waals surface area contributed by atoms with Gasteiger partial charge >= 0.3 is 6.01 Å². The highest BCUT2D eigenvalue weighted by Gasteiger charge is 2.31. The second kappa shape index (κ2) is 1.90. The Labute approximate surface area is 53.3 Å². The van der Waals surface area contributed by atoms with Gasteiger partial charge in [0.15, 0.2) is 6.26 Å². The summed E-state index contributed by atoms with van der Waals surface area (Å²) in [4.78, 5) is 0. The molecule has 1 heterocycles. The lowest BCUT2D eigenvalue weighted by Gasteiger charge is -2.19. The minimum atomic E-state index is -0.760. The number of ether oxygens (including phenoxy) is 2. The molecule has 2 nitrogen and oxygen atoms in total. The zero-order chi connectivity index (χ0) is 6.91. The SMILES string of the molecule is CCC1(C)OC=C(F)O1. The van der Waals surface area contributed by atoms with Crippen molar-refractivity contribution in [1.29, 1.82) is 0 Å². The topological polar surface area (TPSA) is 18.5 Å². The van der Waals surface area contributed by atoms with Crippen LogP contribution in [0.25, 0.3) is 0 Å². The summed E-state index contributed by atoms with van der Waals surface area (Å²) in [5, 5.41) is 0. The highest BCUT2D eigenvalue weighted by atomic mass is 19.1. The minimum Gasteiger partial charge on any atom is -0.454 e. The van der Waals surface area contributed by atoms with Crippen LogP contribution in [0.5, 0.6) is 0 Å². The molecule has 3 heteroatoms. The van der Waals surface area contributed by atoms with E-state index in [2.05, 4.69) is 4.74 Å². The molecule has 1 atom stereocenters. The molecule has 0 aromatic rings. The molecule has 0 saturated heterocycles. The van der Waals surface area contributed by atoms with E-state index in [1.807, 2.05) is 6.92 Å². The zero-order valence-corrected chi connectivity index (χ0v) is 5.48. The Kier molecular flexibility index (Phi) is 1.35. The molecule has 0 aliphatic carbocycles. The third-order valence-electron chi connectivity index (χ3n) is 1.36. The van der Waals surface area contributed by atoms with Crippen LogP contribution in [0.15, 0.2) is 12.3 Å². The number of hydrogen-bond acceptors (Lipinski definition) is 2. The first-order chi connectivity index (χ1) is 4.16. The lowest BCUT2D eigenvalue weighted by Crippen LogP contribution is -2.23. The summed E-state index contributed by atoms with van der Waals surface area (Å²) < 4.78 is 21.6. The van der Waals surface area contributed by atoms with Crippen molar-refractivity contribution in [2.24, 2.45) is 0 Å². The van der Waals surface area contributed by atoms with Gasteiger partial charge < -0.3 is 9.47 Å². The summed E-state index contributed by atoms with van der Waals surface area (Å²) in [6.07, 6.45) is 1.63. The van der Waals surface area contributed by atoms with E-state index in [4.69, 9.17) is 4.74 Å². The molecule has 1 rings (SSSR count). The summed E-state index contributed by atoms with van der Waals surface area (Å²) in [6, 6.07) is -0.639. The lowest BCUT2D eigenvalue weighted by atomic mass is 10.2. The molecule has 0 aromatic heterocycles. The first kappa shape index (κ1) is 6.39. The molecule has 0 spiro atoms. The predicted molar refractivity (Wildman–Crippen MR) is 30.1 cm³/mol. The molecule has 9 heavy (non-hydrogen) atoms. The van der Waals surface area contributed by atoms with E-state index in [0.717, 1.165) is 6.26 Å². The summed E-state index contributed by atoms with van der Waals surface area (Å²) in [7, 11) is 0. The minimum absolute atomic E-state index is 0.636. The van der Waals surface area contributed by atoms with Crippen LogP contribution < -0.4 is 0 Å². The van der Waals surface area contributed by atoms with Crippen LogP contribution in [0.3, 0.4) is 0 Å². The second-order valence-corrected chi connectivity index (χ2v) is 2.13. The quantitative estimate of drug-likeness (QED) is 0.542. The van der Waals surface area contributed by atoms with E-state index in [1.54, 1.807) is 6.92 Å². The summed E-state index contributed by atoms with van der Waals surface area (Å²) in [5.41, 5.74) is 0. The van der Waals surface area contributed by atoms with Crippen LogP contribution in [-0.4, -0.2) is 5.79 Å². The van der Waals surface area contributed by atoms with E-state index in [0.29, 0.717) is 6.42 Å². The van der Waals surface area contributed by atoms with Gasteiger partial charge in [-0.15, -0.1) is 0 Å². The van der Waals surface area contributed by atoms with Crippen LogP contribution in [-0.2, 0) is 9.47 Å². The summed E-state index contributed by atoms with van der Waals surface area (Å²) in [5.74, 6) is -0.760.